The number of para-hydroxylation sites is 1. The van der Waals surface area contributed by atoms with Gasteiger partial charge in [0.1, 0.15) is 17.7 Å². The first-order valence-electron chi connectivity index (χ1n) is 12.9. The highest BCUT2D eigenvalue weighted by molar-refractivity contribution is 6.34. The molecular weight excluding hydrogens is 490 g/mol. The minimum Gasteiger partial charge on any atom is -0.444 e. The van der Waals surface area contributed by atoms with E-state index in [1.165, 1.54) is 0 Å². The third-order valence-electron chi connectivity index (χ3n) is 6.46. The maximum absolute atomic E-state index is 14.2. The van der Waals surface area contributed by atoms with Crippen LogP contribution in [0.2, 0.25) is 5.02 Å². The largest absolute Gasteiger partial charge is 0.444 e. The Morgan fingerprint density at radius 3 is 2.27 bits per heavy atom. The number of nitrogens with zero attached hydrogens (tertiary/aromatic N) is 1. The van der Waals surface area contributed by atoms with E-state index in [4.69, 9.17) is 16.3 Å². The van der Waals surface area contributed by atoms with Crippen LogP contribution in [0.5, 0.6) is 0 Å². The van der Waals surface area contributed by atoms with Gasteiger partial charge in [-0.1, -0.05) is 74.3 Å². The molecule has 2 aromatic carbocycles. The number of anilines is 1. The fraction of sp³-hybridized carbons (Fsp3) is 0.483. The molecule has 0 aliphatic heterocycles. The summed E-state index contributed by atoms with van der Waals surface area (Å²) in [4.78, 5) is 42.4. The summed E-state index contributed by atoms with van der Waals surface area (Å²) in [5.74, 6) is -0.836. The Kier molecular flexibility index (Phi) is 9.24. The van der Waals surface area contributed by atoms with E-state index in [1.807, 2.05) is 63.2 Å². The number of aryl methyl sites for hydroxylation is 1. The van der Waals surface area contributed by atoms with Crippen LogP contribution in [-0.4, -0.2) is 40.5 Å². The normalized spacial score (nSPS) is 15.8. The molecular formula is C29H38ClN3O4. The number of amides is 3. The van der Waals surface area contributed by atoms with Crippen molar-refractivity contribution in [3.8, 4) is 0 Å². The first-order valence-corrected chi connectivity index (χ1v) is 13.2. The lowest BCUT2D eigenvalue weighted by molar-refractivity contribution is -0.142. The van der Waals surface area contributed by atoms with Crippen LogP contribution in [0, 0.1) is 12.8 Å². The van der Waals surface area contributed by atoms with Crippen molar-refractivity contribution in [1.29, 1.82) is 0 Å². The molecule has 0 heterocycles. The van der Waals surface area contributed by atoms with E-state index in [2.05, 4.69) is 10.6 Å². The zero-order chi connectivity index (χ0) is 27.3. The van der Waals surface area contributed by atoms with Gasteiger partial charge in [-0.15, -0.1) is 0 Å². The summed E-state index contributed by atoms with van der Waals surface area (Å²) in [6, 6.07) is 12.8. The van der Waals surface area contributed by atoms with Crippen molar-refractivity contribution >= 4 is 35.2 Å². The molecule has 2 N–H and O–H groups in total. The predicted octanol–water partition coefficient (Wildman–Crippen LogP) is 6.26. The number of halogens is 1. The fourth-order valence-electron chi connectivity index (χ4n) is 4.20. The van der Waals surface area contributed by atoms with E-state index in [-0.39, 0.29) is 23.8 Å². The topological polar surface area (TPSA) is 87.7 Å². The summed E-state index contributed by atoms with van der Waals surface area (Å²) in [6.45, 7) is 11.1. The molecule has 2 aromatic rings. The molecule has 0 saturated heterocycles. The van der Waals surface area contributed by atoms with Gasteiger partial charge in [-0.3, -0.25) is 9.59 Å². The molecule has 7 nitrogen and oxygen atoms in total. The highest BCUT2D eigenvalue weighted by Crippen LogP contribution is 2.37. The summed E-state index contributed by atoms with van der Waals surface area (Å²) in [7, 11) is 0. The Morgan fingerprint density at radius 1 is 1.08 bits per heavy atom. The van der Waals surface area contributed by atoms with Gasteiger partial charge in [0.25, 0.3) is 5.91 Å². The molecule has 0 radical (unpaired) electrons. The summed E-state index contributed by atoms with van der Waals surface area (Å²) in [5.41, 5.74) is 1.32. The van der Waals surface area contributed by atoms with Crippen LogP contribution >= 0.6 is 11.6 Å². The number of hydrogen-bond acceptors (Lipinski definition) is 4. The second kappa shape index (κ2) is 12.0. The number of rotatable bonds is 9. The third kappa shape index (κ3) is 7.48. The first-order chi connectivity index (χ1) is 17.4. The summed E-state index contributed by atoms with van der Waals surface area (Å²) in [5, 5.41) is 6.19. The molecule has 3 unspecified atom stereocenters. The Balaban J connectivity index is 2.00. The number of benzene rings is 2. The molecule has 0 bridgehead atoms. The third-order valence-corrected chi connectivity index (χ3v) is 6.77. The zero-order valence-corrected chi connectivity index (χ0v) is 23.3. The maximum Gasteiger partial charge on any atom is 0.408 e. The van der Waals surface area contributed by atoms with Gasteiger partial charge in [-0.2, -0.15) is 0 Å². The Labute approximate surface area is 224 Å². The van der Waals surface area contributed by atoms with Gasteiger partial charge in [0, 0.05) is 6.04 Å². The van der Waals surface area contributed by atoms with Gasteiger partial charge < -0.3 is 20.3 Å². The van der Waals surface area contributed by atoms with Crippen LogP contribution in [0.3, 0.4) is 0 Å². The second-order valence-corrected chi connectivity index (χ2v) is 11.1. The Bertz CT molecular complexity index is 1090. The van der Waals surface area contributed by atoms with Gasteiger partial charge in [0.2, 0.25) is 5.91 Å². The molecule has 1 saturated carbocycles. The molecule has 37 heavy (non-hydrogen) atoms. The van der Waals surface area contributed by atoms with Crippen molar-refractivity contribution in [2.45, 2.75) is 84.5 Å². The van der Waals surface area contributed by atoms with Crippen molar-refractivity contribution in [3.05, 3.63) is 64.7 Å². The SMILES string of the molecule is CCC(C)C(NC(=O)OC(C)(C)C)C(=O)N(C1CC1)C(C(=O)Nc1c(C)cccc1Cl)c1ccccc1. The van der Waals surface area contributed by atoms with Gasteiger partial charge in [-0.05, 0) is 63.6 Å². The van der Waals surface area contributed by atoms with Gasteiger partial charge >= 0.3 is 6.09 Å². The molecule has 1 fully saturated rings. The van der Waals surface area contributed by atoms with Gasteiger partial charge in [0.15, 0.2) is 0 Å². The van der Waals surface area contributed by atoms with Crippen molar-refractivity contribution in [3.63, 3.8) is 0 Å². The summed E-state index contributed by atoms with van der Waals surface area (Å²) < 4.78 is 5.45. The lowest BCUT2D eigenvalue weighted by Crippen LogP contribution is -2.55. The number of carbonyl (C=O) groups excluding carboxylic acids is 3. The molecule has 3 amide bonds. The molecule has 200 valence electrons. The minimum absolute atomic E-state index is 0.109. The molecule has 0 aromatic heterocycles. The zero-order valence-electron chi connectivity index (χ0n) is 22.5. The van der Waals surface area contributed by atoms with E-state index in [0.717, 1.165) is 18.4 Å². The number of alkyl carbamates (subject to hydrolysis) is 1. The van der Waals surface area contributed by atoms with Crippen LogP contribution in [0.1, 0.15) is 71.0 Å². The van der Waals surface area contributed by atoms with Crippen molar-refractivity contribution in [2.24, 2.45) is 5.92 Å². The van der Waals surface area contributed by atoms with Crippen molar-refractivity contribution in [1.82, 2.24) is 10.2 Å². The van der Waals surface area contributed by atoms with Crippen LogP contribution in [0.4, 0.5) is 10.5 Å². The van der Waals surface area contributed by atoms with Crippen LogP contribution in [0.15, 0.2) is 48.5 Å². The number of carbonyl (C=O) groups is 3. The van der Waals surface area contributed by atoms with E-state index in [1.54, 1.807) is 31.7 Å². The monoisotopic (exact) mass is 527 g/mol. The Hall–Kier alpha value is -3.06. The van der Waals surface area contributed by atoms with E-state index in [0.29, 0.717) is 22.7 Å². The van der Waals surface area contributed by atoms with Gasteiger partial charge in [-0.25, -0.2) is 4.79 Å². The number of ether oxygens (including phenoxy) is 1. The lowest BCUT2D eigenvalue weighted by Gasteiger charge is -2.36. The second-order valence-electron chi connectivity index (χ2n) is 10.7. The number of hydrogen-bond donors (Lipinski definition) is 2. The van der Waals surface area contributed by atoms with Crippen LogP contribution < -0.4 is 10.6 Å². The number of nitrogens with one attached hydrogen (secondary N) is 2. The standard InChI is InChI=1S/C29H38ClN3O4/c1-7-18(2)24(32-28(36)37-29(4,5)6)27(35)33(21-16-17-21)25(20-13-9-8-10-14-20)26(34)31-23-19(3)12-11-15-22(23)30/h8-15,18,21,24-25H,7,16-17H2,1-6H3,(H,31,34)(H,32,36). The highest BCUT2D eigenvalue weighted by Gasteiger charge is 2.45. The average molecular weight is 528 g/mol. The smallest absolute Gasteiger partial charge is 0.408 e. The summed E-state index contributed by atoms with van der Waals surface area (Å²) in [6.07, 6.45) is 1.57. The molecule has 0 spiro atoms. The predicted molar refractivity (Wildman–Crippen MR) is 146 cm³/mol. The molecule has 8 heteroatoms. The van der Waals surface area contributed by atoms with Crippen LogP contribution in [-0.2, 0) is 14.3 Å². The van der Waals surface area contributed by atoms with E-state index >= 15 is 0 Å². The van der Waals surface area contributed by atoms with Gasteiger partial charge in [0.05, 0.1) is 10.7 Å². The van der Waals surface area contributed by atoms with Crippen molar-refractivity contribution < 1.29 is 19.1 Å². The quantitative estimate of drug-likeness (QED) is 0.403. The maximum atomic E-state index is 14.2. The highest BCUT2D eigenvalue weighted by atomic mass is 35.5. The molecule has 3 rings (SSSR count). The summed E-state index contributed by atoms with van der Waals surface area (Å²) >= 11 is 6.41. The molecule has 3 atom stereocenters. The van der Waals surface area contributed by atoms with E-state index < -0.39 is 23.8 Å². The minimum atomic E-state index is -0.899. The average Bonchev–Trinajstić information content (AvgIpc) is 3.67. The Morgan fingerprint density at radius 2 is 1.73 bits per heavy atom. The first kappa shape index (κ1) is 28.5. The fourth-order valence-corrected chi connectivity index (χ4v) is 4.47. The molecule has 1 aliphatic rings. The van der Waals surface area contributed by atoms with E-state index in [9.17, 15) is 14.4 Å². The van der Waals surface area contributed by atoms with Crippen molar-refractivity contribution in [2.75, 3.05) is 5.32 Å². The van der Waals surface area contributed by atoms with Crippen LogP contribution in [0.25, 0.3) is 0 Å². The molecule has 1 aliphatic carbocycles. The lowest BCUT2D eigenvalue weighted by atomic mass is 9.95.